The van der Waals surface area contributed by atoms with Crippen molar-refractivity contribution in [3.8, 4) is 0 Å². The van der Waals surface area contributed by atoms with Crippen molar-refractivity contribution >= 4 is 16.7 Å². The molecule has 4 nitrogen and oxygen atoms in total. The molecule has 0 N–H and O–H groups in total. The summed E-state index contributed by atoms with van der Waals surface area (Å²) in [7, 11) is 1.34. The second-order valence-corrected chi connectivity index (χ2v) is 3.14. The maximum atomic E-state index is 11.2. The van der Waals surface area contributed by atoms with Gasteiger partial charge < -0.3 is 9.94 Å². The van der Waals surface area contributed by atoms with E-state index in [4.69, 9.17) is 0 Å². The highest BCUT2D eigenvalue weighted by Gasteiger charge is 2.06. The first-order valence-electron chi connectivity index (χ1n) is 4.41. The molecule has 0 bridgehead atoms. The van der Waals surface area contributed by atoms with Crippen LogP contribution < -0.4 is 4.73 Å². The third-order valence-corrected chi connectivity index (χ3v) is 2.18. The Bertz CT molecular complexity index is 522. The molecule has 0 saturated carbocycles. The molecule has 1 heterocycles. The van der Waals surface area contributed by atoms with Gasteiger partial charge in [0.25, 0.3) is 0 Å². The number of ether oxygens (including phenoxy) is 1. The molecule has 0 atom stereocenters. The number of rotatable bonds is 1. The van der Waals surface area contributed by atoms with Gasteiger partial charge in [-0.1, -0.05) is 0 Å². The average Bonchev–Trinajstić information content (AvgIpc) is 2.27. The number of aromatic nitrogens is 1. The second kappa shape index (κ2) is 3.57. The van der Waals surface area contributed by atoms with Crippen LogP contribution in [0.4, 0.5) is 0 Å². The van der Waals surface area contributed by atoms with Gasteiger partial charge in [-0.15, -0.1) is 0 Å². The normalized spacial score (nSPS) is 10.2. The van der Waals surface area contributed by atoms with Crippen molar-refractivity contribution in [1.82, 2.24) is 0 Å². The van der Waals surface area contributed by atoms with Crippen LogP contribution in [-0.4, -0.2) is 13.1 Å². The molecule has 15 heavy (non-hydrogen) atoms. The molecule has 2 aromatic rings. The van der Waals surface area contributed by atoms with Gasteiger partial charge in [-0.2, -0.15) is 4.73 Å². The standard InChI is InChI=1S/C11H9NO3/c1-15-11(13)9-2-3-10-7-12(14)5-4-8(10)6-9/h2-7H,1H3. The van der Waals surface area contributed by atoms with Crippen LogP contribution in [0.1, 0.15) is 10.4 Å². The van der Waals surface area contributed by atoms with E-state index in [0.717, 1.165) is 15.5 Å². The first-order valence-corrected chi connectivity index (χ1v) is 4.41. The number of pyridine rings is 1. The van der Waals surface area contributed by atoms with Gasteiger partial charge in [0.2, 0.25) is 0 Å². The molecule has 0 aliphatic carbocycles. The van der Waals surface area contributed by atoms with E-state index in [1.54, 1.807) is 24.3 Å². The maximum Gasteiger partial charge on any atom is 0.337 e. The monoisotopic (exact) mass is 203 g/mol. The summed E-state index contributed by atoms with van der Waals surface area (Å²) >= 11 is 0. The zero-order chi connectivity index (χ0) is 10.8. The van der Waals surface area contributed by atoms with Crippen LogP contribution in [0.15, 0.2) is 36.7 Å². The highest BCUT2D eigenvalue weighted by molar-refractivity contribution is 5.94. The van der Waals surface area contributed by atoms with Crippen molar-refractivity contribution < 1.29 is 14.3 Å². The van der Waals surface area contributed by atoms with Crippen LogP contribution in [-0.2, 0) is 4.74 Å². The Morgan fingerprint density at radius 3 is 2.87 bits per heavy atom. The number of benzene rings is 1. The Labute approximate surface area is 86.3 Å². The molecule has 0 unspecified atom stereocenters. The summed E-state index contributed by atoms with van der Waals surface area (Å²) in [6.07, 6.45) is 2.85. The quantitative estimate of drug-likeness (QED) is 0.398. The fourth-order valence-corrected chi connectivity index (χ4v) is 1.42. The third-order valence-electron chi connectivity index (χ3n) is 2.18. The Hall–Kier alpha value is -2.10. The molecular weight excluding hydrogens is 194 g/mol. The fraction of sp³-hybridized carbons (Fsp3) is 0.0909. The minimum absolute atomic E-state index is 0.379. The minimum Gasteiger partial charge on any atom is -0.619 e. The van der Waals surface area contributed by atoms with Crippen molar-refractivity contribution in [2.45, 2.75) is 0 Å². The first-order chi connectivity index (χ1) is 7.20. The largest absolute Gasteiger partial charge is 0.619 e. The summed E-state index contributed by atoms with van der Waals surface area (Å²) in [4.78, 5) is 11.2. The number of carbonyl (C=O) groups is 1. The van der Waals surface area contributed by atoms with E-state index in [-0.39, 0.29) is 5.97 Å². The number of fused-ring (bicyclic) bond motifs is 1. The van der Waals surface area contributed by atoms with Crippen LogP contribution in [0.2, 0.25) is 0 Å². The molecule has 0 aliphatic rings. The molecule has 4 heteroatoms. The lowest BCUT2D eigenvalue weighted by Gasteiger charge is -2.01. The molecule has 0 aliphatic heterocycles. The predicted molar refractivity (Wildman–Crippen MR) is 54.2 cm³/mol. The lowest BCUT2D eigenvalue weighted by atomic mass is 10.1. The molecule has 0 radical (unpaired) electrons. The zero-order valence-electron chi connectivity index (χ0n) is 8.14. The van der Waals surface area contributed by atoms with Crippen LogP contribution in [0, 0.1) is 5.21 Å². The van der Waals surface area contributed by atoms with Gasteiger partial charge in [0.15, 0.2) is 12.4 Å². The Morgan fingerprint density at radius 1 is 1.33 bits per heavy atom. The van der Waals surface area contributed by atoms with Crippen molar-refractivity contribution in [3.05, 3.63) is 47.4 Å². The third kappa shape index (κ3) is 1.74. The maximum absolute atomic E-state index is 11.2. The SMILES string of the molecule is COC(=O)c1ccc2c[n+]([O-])ccc2c1. The number of hydrogen-bond acceptors (Lipinski definition) is 3. The van der Waals surface area contributed by atoms with Crippen molar-refractivity contribution in [2.75, 3.05) is 7.11 Å². The molecule has 0 saturated heterocycles. The molecule has 76 valence electrons. The average molecular weight is 203 g/mol. The van der Waals surface area contributed by atoms with Gasteiger partial charge in [0.1, 0.15) is 0 Å². The number of esters is 1. The zero-order valence-corrected chi connectivity index (χ0v) is 8.14. The van der Waals surface area contributed by atoms with Gasteiger partial charge in [0.05, 0.1) is 12.7 Å². The summed E-state index contributed by atoms with van der Waals surface area (Å²) in [5, 5.41) is 12.6. The van der Waals surface area contributed by atoms with Crippen molar-refractivity contribution in [2.24, 2.45) is 0 Å². The minimum atomic E-state index is -0.379. The smallest absolute Gasteiger partial charge is 0.337 e. The van der Waals surface area contributed by atoms with Crippen molar-refractivity contribution in [3.63, 3.8) is 0 Å². The van der Waals surface area contributed by atoms with E-state index in [0.29, 0.717) is 5.56 Å². The van der Waals surface area contributed by atoms with Crippen molar-refractivity contribution in [1.29, 1.82) is 0 Å². The van der Waals surface area contributed by atoms with Gasteiger partial charge in [0, 0.05) is 11.5 Å². The molecular formula is C11H9NO3. The molecule has 0 amide bonds. The molecule has 0 fully saturated rings. The molecule has 1 aromatic carbocycles. The summed E-state index contributed by atoms with van der Waals surface area (Å²) in [5.74, 6) is -0.379. The van der Waals surface area contributed by atoms with Crippen LogP contribution in [0.5, 0.6) is 0 Å². The van der Waals surface area contributed by atoms with Gasteiger partial charge in [-0.05, 0) is 23.6 Å². The first kappa shape index (κ1) is 9.45. The van der Waals surface area contributed by atoms with E-state index >= 15 is 0 Å². The predicted octanol–water partition coefficient (Wildman–Crippen LogP) is 1.26. The van der Waals surface area contributed by atoms with E-state index in [1.165, 1.54) is 19.5 Å². The fourth-order valence-electron chi connectivity index (χ4n) is 1.42. The number of methoxy groups -OCH3 is 1. The summed E-state index contributed by atoms with van der Waals surface area (Å²) in [6.45, 7) is 0. The van der Waals surface area contributed by atoms with Gasteiger partial charge in [-0.3, -0.25) is 0 Å². The van der Waals surface area contributed by atoms with Crippen LogP contribution in [0.25, 0.3) is 10.8 Å². The van der Waals surface area contributed by atoms with Gasteiger partial charge in [-0.25, -0.2) is 4.79 Å². The lowest BCUT2D eigenvalue weighted by Crippen LogP contribution is -2.23. The van der Waals surface area contributed by atoms with E-state index < -0.39 is 0 Å². The Morgan fingerprint density at radius 2 is 2.13 bits per heavy atom. The van der Waals surface area contributed by atoms with Crippen LogP contribution in [0.3, 0.4) is 0 Å². The van der Waals surface area contributed by atoms with Gasteiger partial charge >= 0.3 is 5.97 Å². The number of hydrogen-bond donors (Lipinski definition) is 0. The molecule has 1 aromatic heterocycles. The van der Waals surface area contributed by atoms with E-state index in [2.05, 4.69) is 4.74 Å². The molecule has 2 rings (SSSR count). The number of carbonyl (C=O) groups excluding carboxylic acids is 1. The highest BCUT2D eigenvalue weighted by atomic mass is 16.5. The second-order valence-electron chi connectivity index (χ2n) is 3.14. The molecule has 0 spiro atoms. The Balaban J connectivity index is 2.57. The Kier molecular flexibility index (Phi) is 2.25. The summed E-state index contributed by atoms with van der Waals surface area (Å²) in [6, 6.07) is 6.71. The number of nitrogens with zero attached hydrogens (tertiary/aromatic N) is 1. The lowest BCUT2D eigenvalue weighted by molar-refractivity contribution is -0.603. The highest BCUT2D eigenvalue weighted by Crippen LogP contribution is 2.14. The van der Waals surface area contributed by atoms with E-state index in [9.17, 15) is 10.0 Å². The summed E-state index contributed by atoms with van der Waals surface area (Å²) in [5.41, 5.74) is 0.480. The van der Waals surface area contributed by atoms with Crippen LogP contribution >= 0.6 is 0 Å². The topological polar surface area (TPSA) is 53.2 Å². The summed E-state index contributed by atoms with van der Waals surface area (Å²) < 4.78 is 5.33. The van der Waals surface area contributed by atoms with E-state index in [1.807, 2.05) is 0 Å².